The minimum atomic E-state index is -0.677. The van der Waals surface area contributed by atoms with Crippen molar-refractivity contribution in [3.8, 4) is 0 Å². The highest BCUT2D eigenvalue weighted by Crippen LogP contribution is 2.35. The van der Waals surface area contributed by atoms with Crippen molar-refractivity contribution in [3.05, 3.63) is 56.7 Å². The first-order valence-corrected chi connectivity index (χ1v) is 10.7. The maximum absolute atomic E-state index is 13.9. The molecule has 1 aromatic carbocycles. The lowest BCUT2D eigenvalue weighted by Gasteiger charge is -2.10. The highest BCUT2D eigenvalue weighted by atomic mass is 35.5. The molecule has 0 unspecified atom stereocenters. The Morgan fingerprint density at radius 3 is 2.29 bits per heavy atom. The van der Waals surface area contributed by atoms with E-state index in [1.807, 2.05) is 0 Å². The van der Waals surface area contributed by atoms with Crippen molar-refractivity contribution in [1.82, 2.24) is 0 Å². The standard InChI is InChI=1S/C22H23ClFNO5S/c1-11(2)29-21(27)18-13(5)19(22(28)30-12(3)4)31-20(18)25-17(26)10-9-14-15(23)7-6-8-16(14)24/h6-12H,1-5H3,(H,25,26). The number of halogens is 2. The van der Waals surface area contributed by atoms with Gasteiger partial charge < -0.3 is 14.8 Å². The number of carbonyl (C=O) groups excluding carboxylic acids is 3. The van der Waals surface area contributed by atoms with E-state index < -0.39 is 29.8 Å². The predicted molar refractivity (Wildman–Crippen MR) is 119 cm³/mol. The molecule has 0 aliphatic heterocycles. The molecule has 2 rings (SSSR count). The van der Waals surface area contributed by atoms with Crippen molar-refractivity contribution in [2.75, 3.05) is 5.32 Å². The van der Waals surface area contributed by atoms with Gasteiger partial charge in [-0.05, 0) is 58.4 Å². The second-order valence-electron chi connectivity index (χ2n) is 7.13. The Hall–Kier alpha value is -2.71. The number of esters is 2. The molecule has 166 valence electrons. The Kier molecular flexibility index (Phi) is 8.36. The lowest BCUT2D eigenvalue weighted by atomic mass is 10.1. The fraction of sp³-hybridized carbons (Fsp3) is 0.318. The van der Waals surface area contributed by atoms with Crippen LogP contribution >= 0.6 is 22.9 Å². The molecule has 0 saturated carbocycles. The zero-order valence-electron chi connectivity index (χ0n) is 17.7. The summed E-state index contributed by atoms with van der Waals surface area (Å²) in [5.74, 6) is -2.50. The molecule has 9 heteroatoms. The molecule has 1 heterocycles. The number of nitrogens with one attached hydrogen (secondary N) is 1. The van der Waals surface area contributed by atoms with E-state index in [4.69, 9.17) is 21.1 Å². The first kappa shape index (κ1) is 24.6. The van der Waals surface area contributed by atoms with E-state index in [0.717, 1.165) is 17.4 Å². The zero-order chi connectivity index (χ0) is 23.3. The first-order chi connectivity index (χ1) is 14.5. The van der Waals surface area contributed by atoms with Gasteiger partial charge in [0.25, 0.3) is 0 Å². The second-order valence-corrected chi connectivity index (χ2v) is 8.55. The molecular weight excluding hydrogens is 445 g/mol. The molecule has 1 N–H and O–H groups in total. The topological polar surface area (TPSA) is 81.7 Å². The second kappa shape index (κ2) is 10.5. The van der Waals surface area contributed by atoms with E-state index in [0.29, 0.717) is 5.56 Å². The summed E-state index contributed by atoms with van der Waals surface area (Å²) in [6.07, 6.45) is 1.56. The van der Waals surface area contributed by atoms with E-state index in [2.05, 4.69) is 5.32 Å². The van der Waals surface area contributed by atoms with Gasteiger partial charge in [0, 0.05) is 11.6 Å². The third-order valence-corrected chi connectivity index (χ3v) is 5.38. The van der Waals surface area contributed by atoms with Gasteiger partial charge in [-0.2, -0.15) is 0 Å². The Morgan fingerprint density at radius 1 is 1.10 bits per heavy atom. The minimum absolute atomic E-state index is 0.0577. The lowest BCUT2D eigenvalue weighted by molar-refractivity contribution is -0.111. The Balaban J connectivity index is 2.37. The number of thiophene rings is 1. The van der Waals surface area contributed by atoms with Crippen LogP contribution in [0, 0.1) is 12.7 Å². The van der Waals surface area contributed by atoms with E-state index in [-0.39, 0.29) is 32.1 Å². The molecular formula is C22H23ClFNO5S. The SMILES string of the molecule is Cc1c(C(=O)OC(C)C)sc(NC(=O)C=Cc2c(F)cccc2Cl)c1C(=O)OC(C)C. The van der Waals surface area contributed by atoms with Crippen LogP contribution in [0.3, 0.4) is 0 Å². The van der Waals surface area contributed by atoms with Gasteiger partial charge >= 0.3 is 11.9 Å². The van der Waals surface area contributed by atoms with Crippen molar-refractivity contribution in [2.45, 2.75) is 46.8 Å². The number of ether oxygens (including phenoxy) is 2. The molecule has 0 bridgehead atoms. The van der Waals surface area contributed by atoms with Crippen LogP contribution in [0.25, 0.3) is 6.08 Å². The highest BCUT2D eigenvalue weighted by molar-refractivity contribution is 7.18. The van der Waals surface area contributed by atoms with Gasteiger partial charge in [-0.25, -0.2) is 14.0 Å². The maximum Gasteiger partial charge on any atom is 0.348 e. The molecule has 0 saturated heterocycles. The molecule has 1 aromatic heterocycles. The molecule has 0 fully saturated rings. The lowest BCUT2D eigenvalue weighted by Crippen LogP contribution is -2.16. The molecule has 1 amide bonds. The Bertz CT molecular complexity index is 1010. The maximum atomic E-state index is 13.9. The fourth-order valence-corrected chi connectivity index (χ4v) is 3.87. The smallest absolute Gasteiger partial charge is 0.348 e. The van der Waals surface area contributed by atoms with Gasteiger partial charge in [-0.1, -0.05) is 17.7 Å². The average molecular weight is 468 g/mol. The number of hydrogen-bond acceptors (Lipinski definition) is 6. The summed E-state index contributed by atoms with van der Waals surface area (Å²) in [6, 6.07) is 4.17. The van der Waals surface area contributed by atoms with Crippen LogP contribution in [0.4, 0.5) is 9.39 Å². The van der Waals surface area contributed by atoms with Gasteiger partial charge in [-0.3, -0.25) is 4.79 Å². The number of rotatable bonds is 7. The number of anilines is 1. The molecule has 31 heavy (non-hydrogen) atoms. The van der Waals surface area contributed by atoms with E-state index in [1.54, 1.807) is 34.6 Å². The van der Waals surface area contributed by atoms with Crippen molar-refractivity contribution in [3.63, 3.8) is 0 Å². The molecule has 0 atom stereocenters. The van der Waals surface area contributed by atoms with Crippen molar-refractivity contribution < 1.29 is 28.2 Å². The van der Waals surface area contributed by atoms with Gasteiger partial charge in [0.2, 0.25) is 5.91 Å². The first-order valence-electron chi connectivity index (χ1n) is 9.49. The predicted octanol–water partition coefficient (Wildman–Crippen LogP) is 5.63. The molecule has 0 radical (unpaired) electrons. The van der Waals surface area contributed by atoms with Gasteiger partial charge in [0.05, 0.1) is 22.8 Å². The Morgan fingerprint density at radius 2 is 1.71 bits per heavy atom. The zero-order valence-corrected chi connectivity index (χ0v) is 19.3. The van der Waals surface area contributed by atoms with Crippen LogP contribution in [0.5, 0.6) is 0 Å². The monoisotopic (exact) mass is 467 g/mol. The fourth-order valence-electron chi connectivity index (χ4n) is 2.57. The van der Waals surface area contributed by atoms with Crippen molar-refractivity contribution in [2.24, 2.45) is 0 Å². The van der Waals surface area contributed by atoms with Crippen molar-refractivity contribution in [1.29, 1.82) is 0 Å². The van der Waals surface area contributed by atoms with E-state index in [1.165, 1.54) is 24.3 Å². The molecule has 0 aliphatic carbocycles. The molecule has 2 aromatic rings. The third-order valence-electron chi connectivity index (χ3n) is 3.86. The molecule has 0 spiro atoms. The summed E-state index contributed by atoms with van der Waals surface area (Å²) in [5, 5.41) is 2.84. The summed E-state index contributed by atoms with van der Waals surface area (Å²) in [4.78, 5) is 37.6. The third kappa shape index (κ3) is 6.38. The van der Waals surface area contributed by atoms with Crippen LogP contribution in [0.1, 0.15) is 58.9 Å². The molecule has 6 nitrogen and oxygen atoms in total. The quantitative estimate of drug-likeness (QED) is 0.421. The summed E-state index contributed by atoms with van der Waals surface area (Å²) >= 11 is 6.86. The average Bonchev–Trinajstić information content (AvgIpc) is 2.96. The number of hydrogen-bond donors (Lipinski definition) is 1. The minimum Gasteiger partial charge on any atom is -0.459 e. The normalized spacial score (nSPS) is 11.3. The van der Waals surface area contributed by atoms with Gasteiger partial charge in [-0.15, -0.1) is 11.3 Å². The molecule has 0 aliphatic rings. The number of carbonyl (C=O) groups is 3. The van der Waals surface area contributed by atoms with Crippen LogP contribution < -0.4 is 5.32 Å². The van der Waals surface area contributed by atoms with E-state index >= 15 is 0 Å². The summed E-state index contributed by atoms with van der Waals surface area (Å²) in [5.41, 5.74) is 0.472. The summed E-state index contributed by atoms with van der Waals surface area (Å²) < 4.78 is 24.4. The van der Waals surface area contributed by atoms with Gasteiger partial charge in [0.15, 0.2) is 0 Å². The van der Waals surface area contributed by atoms with Crippen LogP contribution in [0.15, 0.2) is 24.3 Å². The van der Waals surface area contributed by atoms with Crippen LogP contribution in [-0.4, -0.2) is 30.1 Å². The van der Waals surface area contributed by atoms with Crippen LogP contribution in [0.2, 0.25) is 5.02 Å². The summed E-state index contributed by atoms with van der Waals surface area (Å²) in [7, 11) is 0. The highest BCUT2D eigenvalue weighted by Gasteiger charge is 2.28. The summed E-state index contributed by atoms with van der Waals surface area (Å²) in [6.45, 7) is 8.36. The largest absolute Gasteiger partial charge is 0.459 e. The number of amides is 1. The van der Waals surface area contributed by atoms with Gasteiger partial charge in [0.1, 0.15) is 15.7 Å². The van der Waals surface area contributed by atoms with Crippen LogP contribution in [-0.2, 0) is 14.3 Å². The van der Waals surface area contributed by atoms with Crippen molar-refractivity contribution >= 4 is 51.9 Å². The number of benzene rings is 1. The Labute approximate surface area is 189 Å². The van der Waals surface area contributed by atoms with E-state index in [9.17, 15) is 18.8 Å².